The van der Waals surface area contributed by atoms with Crippen molar-refractivity contribution in [3.8, 4) is 0 Å². The van der Waals surface area contributed by atoms with Crippen molar-refractivity contribution in [3.63, 3.8) is 0 Å². The summed E-state index contributed by atoms with van der Waals surface area (Å²) < 4.78 is 5.48. The number of likely N-dealkylation sites (tertiary alicyclic amines) is 1. The first-order valence-corrected chi connectivity index (χ1v) is 7.35. The highest BCUT2D eigenvalue weighted by Gasteiger charge is 2.34. The summed E-state index contributed by atoms with van der Waals surface area (Å²) >= 11 is 0. The van der Waals surface area contributed by atoms with E-state index in [1.165, 1.54) is 32.4 Å². The van der Waals surface area contributed by atoms with E-state index in [1.54, 1.807) is 7.11 Å². The molecule has 3 nitrogen and oxygen atoms in total. The van der Waals surface area contributed by atoms with Crippen LogP contribution in [0.25, 0.3) is 0 Å². The second-order valence-corrected chi connectivity index (χ2v) is 6.81. The highest BCUT2D eigenvalue weighted by Crippen LogP contribution is 2.27. The molecule has 1 fully saturated rings. The van der Waals surface area contributed by atoms with Gasteiger partial charge in [0.25, 0.3) is 0 Å². The summed E-state index contributed by atoms with van der Waals surface area (Å²) in [6.45, 7) is 11.3. The normalized spacial score (nSPS) is 21.0. The first-order valence-electron chi connectivity index (χ1n) is 7.35. The molecule has 1 rings (SSSR count). The molecule has 0 amide bonds. The van der Waals surface area contributed by atoms with E-state index in [9.17, 15) is 0 Å². The number of nitrogens with two attached hydrogens (primary N) is 1. The fourth-order valence-corrected chi connectivity index (χ4v) is 2.66. The van der Waals surface area contributed by atoms with Crippen LogP contribution in [0.2, 0.25) is 0 Å². The van der Waals surface area contributed by atoms with Crippen LogP contribution in [0.5, 0.6) is 0 Å². The predicted molar refractivity (Wildman–Crippen MR) is 77.8 cm³/mol. The summed E-state index contributed by atoms with van der Waals surface area (Å²) in [4.78, 5) is 2.57. The number of rotatable bonds is 6. The summed E-state index contributed by atoms with van der Waals surface area (Å²) in [5, 5.41) is 0. The van der Waals surface area contributed by atoms with E-state index in [4.69, 9.17) is 10.5 Å². The van der Waals surface area contributed by atoms with Gasteiger partial charge in [-0.25, -0.2) is 0 Å². The summed E-state index contributed by atoms with van der Waals surface area (Å²) in [5.41, 5.74) is 6.49. The number of hydrogen-bond acceptors (Lipinski definition) is 3. The minimum Gasteiger partial charge on any atom is -0.379 e. The van der Waals surface area contributed by atoms with Crippen molar-refractivity contribution < 1.29 is 4.74 Å². The van der Waals surface area contributed by atoms with Crippen molar-refractivity contribution in [2.75, 3.05) is 20.2 Å². The Kier molecular flexibility index (Phi) is 5.63. The second-order valence-electron chi connectivity index (χ2n) is 6.81. The third kappa shape index (κ3) is 4.22. The monoisotopic (exact) mass is 256 g/mol. The molecule has 1 aliphatic heterocycles. The quantitative estimate of drug-likeness (QED) is 0.794. The minimum atomic E-state index is -0.0599. The minimum absolute atomic E-state index is 0.0599. The van der Waals surface area contributed by atoms with Gasteiger partial charge in [0, 0.05) is 18.7 Å². The lowest BCUT2D eigenvalue weighted by Crippen LogP contribution is -2.57. The van der Waals surface area contributed by atoms with Crippen LogP contribution in [0.15, 0.2) is 0 Å². The Morgan fingerprint density at radius 2 is 1.67 bits per heavy atom. The molecule has 2 N–H and O–H groups in total. The van der Waals surface area contributed by atoms with E-state index in [1.807, 2.05) is 0 Å². The molecule has 0 bridgehead atoms. The molecule has 0 aliphatic carbocycles. The molecule has 0 aromatic heterocycles. The maximum Gasteiger partial charge on any atom is 0.0623 e. The Bertz CT molecular complexity index is 245. The molecule has 1 heterocycles. The molecule has 18 heavy (non-hydrogen) atoms. The molecule has 1 aliphatic rings. The molecule has 0 radical (unpaired) electrons. The maximum atomic E-state index is 6.45. The SMILES string of the molecule is COC(C)(C)CCC(N)C(C)(C)N1CCCCC1. The molecule has 0 saturated carbocycles. The molecular formula is C15H32N2O. The van der Waals surface area contributed by atoms with E-state index in [0.29, 0.717) is 0 Å². The largest absolute Gasteiger partial charge is 0.379 e. The fraction of sp³-hybridized carbons (Fsp3) is 1.00. The lowest BCUT2D eigenvalue weighted by atomic mass is 9.85. The third-order valence-electron chi connectivity index (χ3n) is 4.69. The summed E-state index contributed by atoms with van der Waals surface area (Å²) in [7, 11) is 1.78. The van der Waals surface area contributed by atoms with Gasteiger partial charge < -0.3 is 10.5 Å². The van der Waals surface area contributed by atoms with Gasteiger partial charge in [-0.3, -0.25) is 4.90 Å². The molecule has 108 valence electrons. The second kappa shape index (κ2) is 6.36. The van der Waals surface area contributed by atoms with Crippen molar-refractivity contribution in [1.82, 2.24) is 4.90 Å². The van der Waals surface area contributed by atoms with Gasteiger partial charge in [-0.1, -0.05) is 6.42 Å². The first kappa shape index (κ1) is 15.9. The molecular weight excluding hydrogens is 224 g/mol. The highest BCUT2D eigenvalue weighted by molar-refractivity contribution is 4.93. The zero-order chi connectivity index (χ0) is 13.8. The molecule has 0 aromatic carbocycles. The average Bonchev–Trinajstić information content (AvgIpc) is 2.37. The van der Waals surface area contributed by atoms with Crippen LogP contribution >= 0.6 is 0 Å². The summed E-state index contributed by atoms with van der Waals surface area (Å²) in [6, 6.07) is 0.213. The van der Waals surface area contributed by atoms with Crippen LogP contribution in [-0.4, -0.2) is 42.3 Å². The van der Waals surface area contributed by atoms with Crippen molar-refractivity contribution in [2.45, 2.75) is 77.0 Å². The predicted octanol–water partition coefficient (Wildman–Crippen LogP) is 2.78. The van der Waals surface area contributed by atoms with Gasteiger partial charge in [0.15, 0.2) is 0 Å². The topological polar surface area (TPSA) is 38.5 Å². The van der Waals surface area contributed by atoms with Crippen molar-refractivity contribution in [3.05, 3.63) is 0 Å². The number of ether oxygens (including phenoxy) is 1. The number of nitrogens with zero attached hydrogens (tertiary/aromatic N) is 1. The van der Waals surface area contributed by atoms with E-state index in [0.717, 1.165) is 12.8 Å². The third-order valence-corrected chi connectivity index (χ3v) is 4.69. The van der Waals surface area contributed by atoms with Gasteiger partial charge in [0.2, 0.25) is 0 Å². The molecule has 1 saturated heterocycles. The van der Waals surface area contributed by atoms with Crippen molar-refractivity contribution >= 4 is 0 Å². The lowest BCUT2D eigenvalue weighted by molar-refractivity contribution is 0.00418. The van der Waals surface area contributed by atoms with Crippen LogP contribution in [0, 0.1) is 0 Å². The van der Waals surface area contributed by atoms with Crippen LogP contribution < -0.4 is 5.73 Å². The smallest absolute Gasteiger partial charge is 0.0623 e. The van der Waals surface area contributed by atoms with Crippen LogP contribution in [0.3, 0.4) is 0 Å². The van der Waals surface area contributed by atoms with Gasteiger partial charge >= 0.3 is 0 Å². The van der Waals surface area contributed by atoms with E-state index < -0.39 is 0 Å². The Morgan fingerprint density at radius 1 is 1.11 bits per heavy atom. The number of piperidine rings is 1. The molecule has 0 aromatic rings. The van der Waals surface area contributed by atoms with Gasteiger partial charge in [0.05, 0.1) is 5.60 Å². The zero-order valence-electron chi connectivity index (χ0n) is 13.0. The zero-order valence-corrected chi connectivity index (χ0v) is 13.0. The van der Waals surface area contributed by atoms with Crippen LogP contribution in [0.1, 0.15) is 59.8 Å². The average molecular weight is 256 g/mol. The van der Waals surface area contributed by atoms with E-state index in [2.05, 4.69) is 32.6 Å². The summed E-state index contributed by atoms with van der Waals surface area (Å²) in [6.07, 6.45) is 6.05. The Balaban J connectivity index is 2.50. The highest BCUT2D eigenvalue weighted by atomic mass is 16.5. The lowest BCUT2D eigenvalue weighted by Gasteiger charge is -2.45. The molecule has 1 unspecified atom stereocenters. The van der Waals surface area contributed by atoms with E-state index in [-0.39, 0.29) is 17.2 Å². The van der Waals surface area contributed by atoms with E-state index >= 15 is 0 Å². The Hall–Kier alpha value is -0.120. The first-order chi connectivity index (χ1) is 8.29. The molecule has 1 atom stereocenters. The fourth-order valence-electron chi connectivity index (χ4n) is 2.66. The standard InChI is InChI=1S/C15H32N2O/c1-14(2,18-5)10-9-13(16)15(3,4)17-11-7-6-8-12-17/h13H,6-12,16H2,1-5H3. The van der Waals surface area contributed by atoms with Crippen LogP contribution in [-0.2, 0) is 4.74 Å². The van der Waals surface area contributed by atoms with Gasteiger partial charge in [-0.15, -0.1) is 0 Å². The van der Waals surface area contributed by atoms with Crippen LogP contribution in [0.4, 0.5) is 0 Å². The molecule has 0 spiro atoms. The Morgan fingerprint density at radius 3 is 2.17 bits per heavy atom. The molecule has 3 heteroatoms. The van der Waals surface area contributed by atoms with Gasteiger partial charge in [-0.2, -0.15) is 0 Å². The number of methoxy groups -OCH3 is 1. The van der Waals surface area contributed by atoms with Gasteiger partial charge in [0.1, 0.15) is 0 Å². The Labute approximate surface area is 113 Å². The maximum absolute atomic E-state index is 6.45. The van der Waals surface area contributed by atoms with Crippen molar-refractivity contribution in [1.29, 1.82) is 0 Å². The van der Waals surface area contributed by atoms with Crippen molar-refractivity contribution in [2.24, 2.45) is 5.73 Å². The van der Waals surface area contributed by atoms with Gasteiger partial charge in [-0.05, 0) is 66.5 Å². The number of hydrogen-bond donors (Lipinski definition) is 1. The summed E-state index contributed by atoms with van der Waals surface area (Å²) in [5.74, 6) is 0.